The van der Waals surface area contributed by atoms with Crippen LogP contribution in [0.25, 0.3) is 5.57 Å². The number of fused-ring (bicyclic) bond motifs is 3. The number of carbonyl (C=O) groups is 1. The second-order valence-electron chi connectivity index (χ2n) is 5.38. The van der Waals surface area contributed by atoms with Gasteiger partial charge in [0.1, 0.15) is 11.9 Å². The van der Waals surface area contributed by atoms with Crippen LogP contribution in [0.15, 0.2) is 60.7 Å². The third-order valence-corrected chi connectivity index (χ3v) is 4.11. The standard InChI is InChI=1S/C18H15NO2/c20-17-10-14(12-6-2-1-3-7-12)18-13-8-4-5-9-15(13)21-16(18)11-19-17/h1-10,16,18H,11H2,(H,19,20). The highest BCUT2D eigenvalue weighted by Gasteiger charge is 2.38. The Kier molecular flexibility index (Phi) is 2.78. The van der Waals surface area contributed by atoms with Crippen LogP contribution >= 0.6 is 0 Å². The van der Waals surface area contributed by atoms with Crippen LogP contribution in [-0.4, -0.2) is 18.6 Å². The lowest BCUT2D eigenvalue weighted by Crippen LogP contribution is -2.33. The third-order valence-electron chi connectivity index (χ3n) is 4.11. The molecule has 0 fully saturated rings. The number of para-hydroxylation sites is 1. The summed E-state index contributed by atoms with van der Waals surface area (Å²) in [6.07, 6.45) is 1.67. The minimum absolute atomic E-state index is 0.0414. The minimum Gasteiger partial charge on any atom is -0.487 e. The fourth-order valence-electron chi connectivity index (χ4n) is 3.18. The molecule has 104 valence electrons. The first kappa shape index (κ1) is 12.2. The molecule has 0 aliphatic carbocycles. The molecule has 4 rings (SSSR count). The van der Waals surface area contributed by atoms with E-state index in [1.807, 2.05) is 48.5 Å². The number of amides is 1. The third kappa shape index (κ3) is 2.02. The summed E-state index contributed by atoms with van der Waals surface area (Å²) in [6.45, 7) is 0.533. The quantitative estimate of drug-likeness (QED) is 0.870. The van der Waals surface area contributed by atoms with Crippen LogP contribution in [0.5, 0.6) is 5.75 Å². The molecule has 0 bridgehead atoms. The molecule has 2 aliphatic rings. The molecule has 0 saturated heterocycles. The molecular formula is C18H15NO2. The molecule has 0 aromatic heterocycles. The van der Waals surface area contributed by atoms with E-state index in [0.717, 1.165) is 22.4 Å². The topological polar surface area (TPSA) is 38.3 Å². The Labute approximate surface area is 123 Å². The first-order chi connectivity index (χ1) is 10.3. The van der Waals surface area contributed by atoms with Crippen molar-refractivity contribution in [1.82, 2.24) is 5.32 Å². The van der Waals surface area contributed by atoms with Crippen molar-refractivity contribution in [1.29, 1.82) is 0 Å². The Balaban J connectivity index is 1.88. The number of ether oxygens (including phenoxy) is 1. The molecule has 3 heteroatoms. The summed E-state index contributed by atoms with van der Waals surface area (Å²) in [4.78, 5) is 12.0. The fraction of sp³-hybridized carbons (Fsp3) is 0.167. The van der Waals surface area contributed by atoms with Crippen LogP contribution in [0.3, 0.4) is 0 Å². The highest BCUT2D eigenvalue weighted by molar-refractivity contribution is 5.97. The average Bonchev–Trinajstić information content (AvgIpc) is 2.81. The summed E-state index contributed by atoms with van der Waals surface area (Å²) in [5, 5.41) is 2.91. The van der Waals surface area contributed by atoms with Gasteiger partial charge in [0.05, 0.1) is 12.5 Å². The van der Waals surface area contributed by atoms with Gasteiger partial charge in [0.15, 0.2) is 0 Å². The van der Waals surface area contributed by atoms with Gasteiger partial charge in [-0.25, -0.2) is 0 Å². The van der Waals surface area contributed by atoms with Crippen LogP contribution in [0.4, 0.5) is 0 Å². The molecular weight excluding hydrogens is 262 g/mol. The summed E-state index contributed by atoms with van der Waals surface area (Å²) in [7, 11) is 0. The second kappa shape index (κ2) is 4.77. The van der Waals surface area contributed by atoms with Crippen molar-refractivity contribution in [3.05, 3.63) is 71.8 Å². The van der Waals surface area contributed by atoms with E-state index in [1.165, 1.54) is 0 Å². The maximum atomic E-state index is 12.0. The van der Waals surface area contributed by atoms with Crippen molar-refractivity contribution in [3.63, 3.8) is 0 Å². The van der Waals surface area contributed by atoms with E-state index in [2.05, 4.69) is 11.4 Å². The Hall–Kier alpha value is -2.55. The lowest BCUT2D eigenvalue weighted by atomic mass is 9.84. The van der Waals surface area contributed by atoms with Gasteiger partial charge < -0.3 is 10.1 Å². The van der Waals surface area contributed by atoms with Gasteiger partial charge in [-0.05, 0) is 17.2 Å². The molecule has 0 spiro atoms. The van der Waals surface area contributed by atoms with Crippen molar-refractivity contribution in [2.75, 3.05) is 6.54 Å². The molecule has 0 saturated carbocycles. The van der Waals surface area contributed by atoms with Crippen LogP contribution in [0.1, 0.15) is 17.0 Å². The van der Waals surface area contributed by atoms with Gasteiger partial charge in [-0.1, -0.05) is 48.5 Å². The highest BCUT2D eigenvalue weighted by Crippen LogP contribution is 2.46. The second-order valence-corrected chi connectivity index (χ2v) is 5.38. The molecule has 2 aromatic rings. The summed E-state index contributed by atoms with van der Waals surface area (Å²) >= 11 is 0. The van der Waals surface area contributed by atoms with E-state index in [-0.39, 0.29) is 17.9 Å². The first-order valence-corrected chi connectivity index (χ1v) is 7.13. The SMILES string of the molecule is O=C1C=C(c2ccccc2)C2c3ccccc3OC2CN1. The first-order valence-electron chi connectivity index (χ1n) is 7.13. The van der Waals surface area contributed by atoms with Gasteiger partial charge in [0, 0.05) is 11.6 Å². The van der Waals surface area contributed by atoms with E-state index >= 15 is 0 Å². The predicted molar refractivity (Wildman–Crippen MR) is 81.0 cm³/mol. The molecule has 0 radical (unpaired) electrons. The van der Waals surface area contributed by atoms with Crippen molar-refractivity contribution >= 4 is 11.5 Å². The Morgan fingerprint density at radius 2 is 1.76 bits per heavy atom. The summed E-state index contributed by atoms with van der Waals surface area (Å²) in [5.74, 6) is 0.970. The largest absolute Gasteiger partial charge is 0.487 e. The van der Waals surface area contributed by atoms with Gasteiger partial charge >= 0.3 is 0 Å². The van der Waals surface area contributed by atoms with Gasteiger partial charge in [0.2, 0.25) is 5.91 Å². The lowest BCUT2D eigenvalue weighted by Gasteiger charge is -2.19. The number of nitrogens with one attached hydrogen (secondary N) is 1. The lowest BCUT2D eigenvalue weighted by molar-refractivity contribution is -0.116. The van der Waals surface area contributed by atoms with E-state index in [1.54, 1.807) is 6.08 Å². The molecule has 1 N–H and O–H groups in total. The smallest absolute Gasteiger partial charge is 0.244 e. The number of benzene rings is 2. The van der Waals surface area contributed by atoms with Gasteiger partial charge in [0.25, 0.3) is 0 Å². The molecule has 2 aliphatic heterocycles. The minimum atomic E-state index is -0.0515. The van der Waals surface area contributed by atoms with Gasteiger partial charge in [-0.2, -0.15) is 0 Å². The number of rotatable bonds is 1. The van der Waals surface area contributed by atoms with Crippen molar-refractivity contribution < 1.29 is 9.53 Å². The van der Waals surface area contributed by atoms with Crippen LogP contribution in [-0.2, 0) is 4.79 Å². The number of carbonyl (C=O) groups excluding carboxylic acids is 1. The molecule has 2 unspecified atom stereocenters. The van der Waals surface area contributed by atoms with Crippen molar-refractivity contribution in [2.24, 2.45) is 0 Å². The highest BCUT2D eigenvalue weighted by atomic mass is 16.5. The molecule has 21 heavy (non-hydrogen) atoms. The van der Waals surface area contributed by atoms with Gasteiger partial charge in [-0.3, -0.25) is 4.79 Å². The van der Waals surface area contributed by atoms with Gasteiger partial charge in [-0.15, -0.1) is 0 Å². The van der Waals surface area contributed by atoms with E-state index in [4.69, 9.17) is 4.74 Å². The summed E-state index contributed by atoms with van der Waals surface area (Å²) < 4.78 is 6.04. The molecule has 2 atom stereocenters. The number of hydrogen-bond donors (Lipinski definition) is 1. The Morgan fingerprint density at radius 3 is 2.62 bits per heavy atom. The fourth-order valence-corrected chi connectivity index (χ4v) is 3.18. The van der Waals surface area contributed by atoms with Crippen molar-refractivity contribution in [2.45, 2.75) is 12.0 Å². The predicted octanol–water partition coefficient (Wildman–Crippen LogP) is 2.74. The van der Waals surface area contributed by atoms with Crippen LogP contribution in [0, 0.1) is 0 Å². The van der Waals surface area contributed by atoms with E-state index in [0.29, 0.717) is 6.54 Å². The van der Waals surface area contributed by atoms with Crippen LogP contribution < -0.4 is 10.1 Å². The number of hydrogen-bond acceptors (Lipinski definition) is 2. The van der Waals surface area contributed by atoms with Crippen LogP contribution in [0.2, 0.25) is 0 Å². The van der Waals surface area contributed by atoms with Crippen molar-refractivity contribution in [3.8, 4) is 5.75 Å². The zero-order chi connectivity index (χ0) is 14.2. The van der Waals surface area contributed by atoms with E-state index < -0.39 is 0 Å². The summed E-state index contributed by atoms with van der Waals surface area (Å²) in [6, 6.07) is 18.1. The maximum Gasteiger partial charge on any atom is 0.244 e. The average molecular weight is 277 g/mol. The molecule has 3 nitrogen and oxygen atoms in total. The summed E-state index contributed by atoms with van der Waals surface area (Å²) in [5.41, 5.74) is 3.26. The molecule has 2 aromatic carbocycles. The normalized spacial score (nSPS) is 23.2. The molecule has 2 heterocycles. The zero-order valence-electron chi connectivity index (χ0n) is 11.5. The Morgan fingerprint density at radius 1 is 1.00 bits per heavy atom. The zero-order valence-corrected chi connectivity index (χ0v) is 11.5. The monoisotopic (exact) mass is 277 g/mol. The maximum absolute atomic E-state index is 12.0. The molecule has 1 amide bonds. The Bertz CT molecular complexity index is 721. The van der Waals surface area contributed by atoms with E-state index in [9.17, 15) is 4.79 Å².